The highest BCUT2D eigenvalue weighted by Gasteiger charge is 2.22. The second-order valence-corrected chi connectivity index (χ2v) is 9.06. The van der Waals surface area contributed by atoms with Gasteiger partial charge in [-0.05, 0) is 54.2 Å². The maximum atomic E-state index is 14.7. The van der Waals surface area contributed by atoms with Crippen LogP contribution in [0.2, 0.25) is 5.02 Å². The summed E-state index contributed by atoms with van der Waals surface area (Å²) in [5.41, 5.74) is 1.74. The first-order valence-electron chi connectivity index (χ1n) is 10.2. The van der Waals surface area contributed by atoms with Crippen molar-refractivity contribution in [2.45, 2.75) is 17.7 Å². The predicted molar refractivity (Wildman–Crippen MR) is 121 cm³/mol. The van der Waals surface area contributed by atoms with Crippen LogP contribution in [0.4, 0.5) is 10.3 Å². The number of aromatic nitrogens is 2. The lowest BCUT2D eigenvalue weighted by Crippen LogP contribution is -2.36. The van der Waals surface area contributed by atoms with E-state index < -0.39 is 0 Å². The number of halogens is 2. The van der Waals surface area contributed by atoms with Gasteiger partial charge in [-0.15, -0.1) is 0 Å². The molecule has 0 amide bonds. The zero-order valence-electron chi connectivity index (χ0n) is 16.8. The standard InChI is InChI=1S/C23H21ClFN3O2S/c24-18-11-26-23(27-12-18)28-7-5-15(6-8-28)13-29-20-3-1-16(9-19(20)25)17-2-4-22-21(10-17)30-14-31-22/h1-4,9-12,15H,5-8,13-14H2. The van der Waals surface area contributed by atoms with E-state index in [-0.39, 0.29) is 5.82 Å². The number of hydrogen-bond donors (Lipinski definition) is 0. The Labute approximate surface area is 189 Å². The molecule has 1 fully saturated rings. The largest absolute Gasteiger partial charge is 0.490 e. The summed E-state index contributed by atoms with van der Waals surface area (Å²) in [5.74, 6) is 2.50. The van der Waals surface area contributed by atoms with Crippen molar-refractivity contribution in [2.24, 2.45) is 5.92 Å². The molecule has 0 spiro atoms. The fourth-order valence-corrected chi connectivity index (χ4v) is 4.68. The van der Waals surface area contributed by atoms with Gasteiger partial charge in [0.05, 0.1) is 28.9 Å². The minimum Gasteiger partial charge on any atom is -0.490 e. The smallest absolute Gasteiger partial charge is 0.225 e. The number of thioether (sulfide) groups is 1. The molecule has 0 radical (unpaired) electrons. The van der Waals surface area contributed by atoms with Crippen molar-refractivity contribution in [2.75, 3.05) is 30.5 Å². The summed E-state index contributed by atoms with van der Waals surface area (Å²) < 4.78 is 26.1. The number of hydrogen-bond acceptors (Lipinski definition) is 6. The van der Waals surface area contributed by atoms with Gasteiger partial charge in [0.2, 0.25) is 5.95 Å². The quantitative estimate of drug-likeness (QED) is 0.491. The van der Waals surface area contributed by atoms with Crippen molar-refractivity contribution in [1.82, 2.24) is 9.97 Å². The molecule has 160 valence electrons. The molecule has 0 N–H and O–H groups in total. The summed E-state index contributed by atoms with van der Waals surface area (Å²) in [7, 11) is 0. The van der Waals surface area contributed by atoms with Gasteiger partial charge in [-0.2, -0.15) is 0 Å². The molecule has 1 aromatic heterocycles. The lowest BCUT2D eigenvalue weighted by atomic mass is 9.98. The molecule has 0 unspecified atom stereocenters. The van der Waals surface area contributed by atoms with Gasteiger partial charge in [0, 0.05) is 13.1 Å². The fraction of sp³-hybridized carbons (Fsp3) is 0.304. The van der Waals surface area contributed by atoms with Gasteiger partial charge < -0.3 is 14.4 Å². The SMILES string of the molecule is Fc1cc(-c2ccc3c(c2)OCS3)ccc1OCC1CCN(c2ncc(Cl)cn2)CC1. The molecule has 8 heteroatoms. The van der Waals surface area contributed by atoms with E-state index in [1.54, 1.807) is 30.2 Å². The number of benzene rings is 2. The molecular weight excluding hydrogens is 437 g/mol. The highest BCUT2D eigenvalue weighted by Crippen LogP contribution is 2.39. The van der Waals surface area contributed by atoms with E-state index in [0.717, 1.165) is 47.7 Å². The first kappa shape index (κ1) is 20.4. The Morgan fingerprint density at radius 3 is 2.61 bits per heavy atom. The Balaban J connectivity index is 1.17. The molecule has 0 bridgehead atoms. The molecule has 2 aromatic carbocycles. The minimum atomic E-state index is -0.347. The third-order valence-corrected chi connectivity index (χ3v) is 6.70. The second kappa shape index (κ2) is 8.93. The Kier molecular flexibility index (Phi) is 5.87. The van der Waals surface area contributed by atoms with Crippen LogP contribution < -0.4 is 14.4 Å². The summed E-state index contributed by atoms with van der Waals surface area (Å²) in [5, 5.41) is 0.531. The van der Waals surface area contributed by atoms with Crippen molar-refractivity contribution in [3.05, 3.63) is 59.6 Å². The molecule has 2 aliphatic heterocycles. The Bertz CT molecular complexity index is 1070. The van der Waals surface area contributed by atoms with E-state index in [0.29, 0.717) is 35.2 Å². The Morgan fingerprint density at radius 1 is 1.10 bits per heavy atom. The summed E-state index contributed by atoms with van der Waals surface area (Å²) in [6, 6.07) is 11.1. The predicted octanol–water partition coefficient (Wildman–Crippen LogP) is 5.67. The molecule has 0 saturated carbocycles. The molecule has 0 aliphatic carbocycles. The van der Waals surface area contributed by atoms with E-state index in [1.807, 2.05) is 24.3 Å². The van der Waals surface area contributed by atoms with Crippen LogP contribution in [0.15, 0.2) is 53.7 Å². The fourth-order valence-electron chi connectivity index (χ4n) is 3.85. The van der Waals surface area contributed by atoms with E-state index in [1.165, 1.54) is 6.07 Å². The topological polar surface area (TPSA) is 47.5 Å². The lowest BCUT2D eigenvalue weighted by molar-refractivity contribution is 0.215. The summed E-state index contributed by atoms with van der Waals surface area (Å²) >= 11 is 7.52. The molecule has 3 aromatic rings. The van der Waals surface area contributed by atoms with Gasteiger partial charge in [-0.1, -0.05) is 35.5 Å². The van der Waals surface area contributed by atoms with Crippen molar-refractivity contribution in [1.29, 1.82) is 0 Å². The maximum absolute atomic E-state index is 14.7. The zero-order valence-corrected chi connectivity index (χ0v) is 18.3. The van der Waals surface area contributed by atoms with Crippen LogP contribution in [0.3, 0.4) is 0 Å². The first-order valence-corrected chi connectivity index (χ1v) is 11.6. The maximum Gasteiger partial charge on any atom is 0.225 e. The molecule has 5 rings (SSSR count). The molecule has 5 nitrogen and oxygen atoms in total. The van der Waals surface area contributed by atoms with E-state index in [2.05, 4.69) is 14.9 Å². The number of anilines is 1. The highest BCUT2D eigenvalue weighted by atomic mass is 35.5. The van der Waals surface area contributed by atoms with Crippen LogP contribution in [0.25, 0.3) is 11.1 Å². The number of rotatable bonds is 5. The monoisotopic (exact) mass is 457 g/mol. The molecular formula is C23H21ClFN3O2S. The van der Waals surface area contributed by atoms with Crippen LogP contribution in [0.5, 0.6) is 11.5 Å². The first-order chi connectivity index (χ1) is 15.2. The summed E-state index contributed by atoms with van der Waals surface area (Å²) in [6.07, 6.45) is 5.11. The normalized spacial score (nSPS) is 16.1. The molecule has 3 heterocycles. The molecule has 2 aliphatic rings. The van der Waals surface area contributed by atoms with Crippen LogP contribution >= 0.6 is 23.4 Å². The van der Waals surface area contributed by atoms with Gasteiger partial charge in [0.25, 0.3) is 0 Å². The van der Waals surface area contributed by atoms with E-state index in [9.17, 15) is 4.39 Å². The van der Waals surface area contributed by atoms with Crippen LogP contribution in [0, 0.1) is 11.7 Å². The number of ether oxygens (including phenoxy) is 2. The summed E-state index contributed by atoms with van der Waals surface area (Å²) in [6.45, 7) is 2.18. The van der Waals surface area contributed by atoms with Gasteiger partial charge in [0.1, 0.15) is 11.7 Å². The van der Waals surface area contributed by atoms with Crippen molar-refractivity contribution in [3.8, 4) is 22.6 Å². The van der Waals surface area contributed by atoms with Gasteiger partial charge in [0.15, 0.2) is 11.6 Å². The van der Waals surface area contributed by atoms with Gasteiger partial charge in [-0.3, -0.25) is 0 Å². The Morgan fingerprint density at radius 2 is 1.84 bits per heavy atom. The summed E-state index contributed by atoms with van der Waals surface area (Å²) in [4.78, 5) is 11.8. The van der Waals surface area contributed by atoms with E-state index in [4.69, 9.17) is 21.1 Å². The number of piperidine rings is 1. The number of fused-ring (bicyclic) bond motifs is 1. The van der Waals surface area contributed by atoms with Gasteiger partial charge >= 0.3 is 0 Å². The number of nitrogens with zero attached hydrogens (tertiary/aromatic N) is 3. The zero-order chi connectivity index (χ0) is 21.2. The molecule has 1 saturated heterocycles. The highest BCUT2D eigenvalue weighted by molar-refractivity contribution is 7.99. The average Bonchev–Trinajstić information content (AvgIpc) is 3.27. The average molecular weight is 458 g/mol. The van der Waals surface area contributed by atoms with Crippen LogP contribution in [-0.4, -0.2) is 35.6 Å². The third-order valence-electron chi connectivity index (χ3n) is 5.62. The van der Waals surface area contributed by atoms with Gasteiger partial charge in [-0.25, -0.2) is 14.4 Å². The van der Waals surface area contributed by atoms with Crippen LogP contribution in [-0.2, 0) is 0 Å². The van der Waals surface area contributed by atoms with Crippen molar-refractivity contribution in [3.63, 3.8) is 0 Å². The lowest BCUT2D eigenvalue weighted by Gasteiger charge is -2.31. The Hall–Kier alpha value is -2.51. The third kappa shape index (κ3) is 4.57. The van der Waals surface area contributed by atoms with Crippen LogP contribution in [0.1, 0.15) is 12.8 Å². The minimum absolute atomic E-state index is 0.292. The van der Waals surface area contributed by atoms with Crippen molar-refractivity contribution < 1.29 is 13.9 Å². The molecule has 0 atom stereocenters. The van der Waals surface area contributed by atoms with Crippen molar-refractivity contribution >= 4 is 29.3 Å². The van der Waals surface area contributed by atoms with E-state index >= 15 is 0 Å². The molecule has 31 heavy (non-hydrogen) atoms. The second-order valence-electron chi connectivity index (χ2n) is 7.66.